The van der Waals surface area contributed by atoms with Gasteiger partial charge in [-0.15, -0.1) is 0 Å². The molecule has 0 aliphatic rings. The van der Waals surface area contributed by atoms with E-state index in [4.69, 9.17) is 32.9 Å². The van der Waals surface area contributed by atoms with Crippen LogP contribution in [-0.4, -0.2) is 107 Å². The van der Waals surface area contributed by atoms with E-state index in [9.17, 15) is 12.8 Å². The molecule has 4 rings (SSSR count). The summed E-state index contributed by atoms with van der Waals surface area (Å²) in [5, 5.41) is 1.01. The highest BCUT2D eigenvalue weighted by atomic mass is 35.5. The molecule has 0 unspecified atom stereocenters. The number of methoxy groups -OCH3 is 1. The van der Waals surface area contributed by atoms with Crippen LogP contribution in [0.4, 0.5) is 8.78 Å². The maximum absolute atomic E-state index is 15.9. The maximum Gasteiger partial charge on any atom is 0.243 e. The van der Waals surface area contributed by atoms with Gasteiger partial charge in [-0.05, 0) is 54.1 Å². The van der Waals surface area contributed by atoms with Crippen LogP contribution in [0.5, 0.6) is 5.75 Å². The molecular formula is C38H51Cl2F2N5O3S2+2. The van der Waals surface area contributed by atoms with Crippen LogP contribution in [0.3, 0.4) is 0 Å². The number of ether oxygens (including phenoxy) is 1. The lowest BCUT2D eigenvalue weighted by Gasteiger charge is -2.28. The molecule has 0 N–H and O–H groups in total. The zero-order chi connectivity index (χ0) is 38.6. The number of halogens is 4. The summed E-state index contributed by atoms with van der Waals surface area (Å²) in [5.74, 6) is -0.508. The fraction of sp³-hybridized carbons (Fsp3) is 0.447. The van der Waals surface area contributed by atoms with Gasteiger partial charge in [-0.3, -0.25) is 4.57 Å². The normalized spacial score (nSPS) is 12.9. The summed E-state index contributed by atoms with van der Waals surface area (Å²) in [6, 6.07) is 14.0. The average Bonchev–Trinajstić information content (AvgIpc) is 3.47. The van der Waals surface area contributed by atoms with Gasteiger partial charge < -0.3 is 13.7 Å². The molecule has 1 heterocycles. The van der Waals surface area contributed by atoms with Crippen LogP contribution in [0.25, 0.3) is 5.69 Å². The third-order valence-corrected chi connectivity index (χ3v) is 12.4. The largest absolute Gasteiger partial charge is 0.495 e. The molecule has 284 valence electrons. The lowest BCUT2D eigenvalue weighted by Crippen LogP contribution is -2.41. The lowest BCUT2D eigenvalue weighted by atomic mass is 9.81. The molecule has 0 aliphatic carbocycles. The Morgan fingerprint density at radius 3 is 2.02 bits per heavy atom. The van der Waals surface area contributed by atoms with Crippen molar-refractivity contribution >= 4 is 45.0 Å². The molecule has 0 spiro atoms. The Morgan fingerprint density at radius 2 is 1.48 bits per heavy atom. The van der Waals surface area contributed by atoms with Gasteiger partial charge in [0.25, 0.3) is 0 Å². The Hall–Kier alpha value is -2.71. The van der Waals surface area contributed by atoms with Crippen LogP contribution in [0.1, 0.15) is 43.5 Å². The summed E-state index contributed by atoms with van der Waals surface area (Å²) in [6.45, 7) is 6.27. The van der Waals surface area contributed by atoms with Crippen molar-refractivity contribution in [3.63, 3.8) is 0 Å². The van der Waals surface area contributed by atoms with Gasteiger partial charge in [0.1, 0.15) is 17.4 Å². The number of aromatic nitrogens is 2. The van der Waals surface area contributed by atoms with Crippen LogP contribution >= 0.6 is 35.0 Å². The van der Waals surface area contributed by atoms with E-state index in [1.807, 2.05) is 30.5 Å². The molecule has 3 aromatic carbocycles. The number of quaternary nitrogens is 2. The number of hydrogen-bond donors (Lipinski definition) is 0. The van der Waals surface area contributed by atoms with E-state index >= 15 is 4.39 Å². The van der Waals surface area contributed by atoms with E-state index in [1.54, 1.807) is 31.5 Å². The van der Waals surface area contributed by atoms with E-state index in [1.165, 1.54) is 34.3 Å². The van der Waals surface area contributed by atoms with Gasteiger partial charge in [0, 0.05) is 53.4 Å². The first-order chi connectivity index (χ1) is 24.1. The fourth-order valence-electron chi connectivity index (χ4n) is 5.86. The molecule has 0 saturated carbocycles. The number of thioether (sulfide) groups is 1. The number of sulfonamides is 1. The molecule has 0 aliphatic heterocycles. The Bertz CT molecular complexity index is 1920. The second kappa shape index (κ2) is 16.8. The van der Waals surface area contributed by atoms with Crippen molar-refractivity contribution in [2.24, 2.45) is 0 Å². The number of nitrogens with zero attached hydrogens (tertiary/aromatic N) is 5. The maximum atomic E-state index is 15.9. The minimum Gasteiger partial charge on any atom is -0.495 e. The summed E-state index contributed by atoms with van der Waals surface area (Å²) in [5.41, 5.74) is 1.89. The van der Waals surface area contributed by atoms with Crippen LogP contribution in [-0.2, 0) is 21.2 Å². The quantitative estimate of drug-likeness (QED) is 0.0796. The predicted molar refractivity (Wildman–Crippen MR) is 208 cm³/mol. The predicted octanol–water partition coefficient (Wildman–Crippen LogP) is 8.27. The Labute approximate surface area is 322 Å². The van der Waals surface area contributed by atoms with Gasteiger partial charge in [-0.25, -0.2) is 22.2 Å². The van der Waals surface area contributed by atoms with E-state index < -0.39 is 21.3 Å². The molecule has 52 heavy (non-hydrogen) atoms. The van der Waals surface area contributed by atoms with E-state index in [2.05, 4.69) is 42.3 Å². The van der Waals surface area contributed by atoms with Gasteiger partial charge >= 0.3 is 0 Å². The number of hydrogen-bond acceptors (Lipinski definition) is 5. The van der Waals surface area contributed by atoms with Gasteiger partial charge in [0.2, 0.25) is 10.0 Å². The first kappa shape index (κ1) is 42.0. The molecule has 8 nitrogen and oxygen atoms in total. The smallest absolute Gasteiger partial charge is 0.243 e. The molecule has 0 amide bonds. The summed E-state index contributed by atoms with van der Waals surface area (Å²) in [6.07, 6.45) is 3.05. The second-order valence-electron chi connectivity index (χ2n) is 15.5. The summed E-state index contributed by atoms with van der Waals surface area (Å²) in [7, 11) is 9.89. The van der Waals surface area contributed by atoms with Crippen LogP contribution in [0, 0.1) is 11.6 Å². The molecule has 14 heteroatoms. The van der Waals surface area contributed by atoms with Crippen molar-refractivity contribution in [1.29, 1.82) is 0 Å². The minimum absolute atomic E-state index is 0.0115. The third-order valence-electron chi connectivity index (χ3n) is 8.90. The average molecular weight is 799 g/mol. The lowest BCUT2D eigenvalue weighted by molar-refractivity contribution is -0.870. The number of benzene rings is 3. The molecule has 0 atom stereocenters. The van der Waals surface area contributed by atoms with Crippen molar-refractivity contribution in [2.75, 3.05) is 75.6 Å². The van der Waals surface area contributed by atoms with Crippen LogP contribution in [0.15, 0.2) is 70.8 Å². The SMILES string of the molecule is COc1cc(C(C)(C)c2cnc(SCc3c(F)cc(S(=O)(=O)N(CCC[N+](C)(C)C)CCC[N+](C)(C)C)cc3Cl)n2-c2ccc(F)cc2)ccc1Cl. The molecule has 4 aromatic rings. The third kappa shape index (κ3) is 10.5. The monoisotopic (exact) mass is 797 g/mol. The molecule has 0 radical (unpaired) electrons. The van der Waals surface area contributed by atoms with Gasteiger partial charge in [-0.1, -0.05) is 54.9 Å². The Kier molecular flexibility index (Phi) is 13.5. The second-order valence-corrected chi connectivity index (χ2v) is 19.2. The van der Waals surface area contributed by atoms with Crippen LogP contribution < -0.4 is 4.74 Å². The van der Waals surface area contributed by atoms with Crippen molar-refractivity contribution in [3.05, 3.63) is 99.3 Å². The van der Waals surface area contributed by atoms with E-state index in [0.717, 1.165) is 30.4 Å². The Morgan fingerprint density at radius 1 is 0.885 bits per heavy atom. The zero-order valence-electron chi connectivity index (χ0n) is 31.5. The highest BCUT2D eigenvalue weighted by Crippen LogP contribution is 2.40. The highest BCUT2D eigenvalue weighted by molar-refractivity contribution is 7.98. The minimum atomic E-state index is -4.04. The fourth-order valence-corrected chi connectivity index (χ4v) is 9.06. The number of imidazole rings is 1. The number of rotatable bonds is 17. The zero-order valence-corrected chi connectivity index (χ0v) is 34.7. The first-order valence-electron chi connectivity index (χ1n) is 17.0. The molecule has 0 fully saturated rings. The van der Waals surface area contributed by atoms with Crippen molar-refractivity contribution < 1.29 is 30.9 Å². The van der Waals surface area contributed by atoms with Crippen molar-refractivity contribution in [2.45, 2.75) is 47.9 Å². The first-order valence-corrected chi connectivity index (χ1v) is 20.2. The highest BCUT2D eigenvalue weighted by Gasteiger charge is 2.31. The van der Waals surface area contributed by atoms with Crippen molar-refractivity contribution in [1.82, 2.24) is 13.9 Å². The van der Waals surface area contributed by atoms with Gasteiger partial charge in [0.05, 0.1) is 84.3 Å². The standard InChI is InChI=1S/C38H51Cl2F2N5O3S2/c1-38(2,27-12-17-32(39)35(22-27)50-9)36-25-43-37(45(36)29-15-13-28(41)14-16-29)51-26-31-33(40)23-30(24-34(31)42)52(48,49)44(18-10-20-46(3,4)5)19-11-21-47(6,7)8/h12-17,22-25H,10-11,18-21,26H2,1-9H3/q+2. The van der Waals surface area contributed by atoms with Crippen LogP contribution in [0.2, 0.25) is 10.0 Å². The van der Waals surface area contributed by atoms with E-state index in [-0.39, 0.29) is 27.1 Å². The summed E-state index contributed by atoms with van der Waals surface area (Å²) < 4.78 is 68.1. The van der Waals surface area contributed by atoms with Gasteiger partial charge in [0.15, 0.2) is 5.16 Å². The Balaban J connectivity index is 1.66. The molecule has 0 saturated heterocycles. The van der Waals surface area contributed by atoms with Gasteiger partial charge in [-0.2, -0.15) is 4.31 Å². The molecule has 0 bridgehead atoms. The van der Waals surface area contributed by atoms with E-state index in [0.29, 0.717) is 56.5 Å². The summed E-state index contributed by atoms with van der Waals surface area (Å²) >= 11 is 14.2. The molecule has 1 aromatic heterocycles. The molecular weight excluding hydrogens is 747 g/mol. The van der Waals surface area contributed by atoms with Crippen molar-refractivity contribution in [3.8, 4) is 11.4 Å². The summed E-state index contributed by atoms with van der Waals surface area (Å²) in [4.78, 5) is 4.55. The topological polar surface area (TPSA) is 64.4 Å².